The summed E-state index contributed by atoms with van der Waals surface area (Å²) in [7, 11) is 3.12. The van der Waals surface area contributed by atoms with E-state index in [4.69, 9.17) is 14.1 Å². The average molecular weight is 319 g/mol. The number of benzene rings is 1. The molecule has 23 heavy (non-hydrogen) atoms. The average Bonchev–Trinajstić information content (AvgIpc) is 3.03. The first-order valence-corrected chi connectivity index (χ1v) is 7.50. The number of ether oxygens (including phenoxy) is 2. The van der Waals surface area contributed by atoms with Crippen molar-refractivity contribution in [2.75, 3.05) is 19.5 Å². The summed E-state index contributed by atoms with van der Waals surface area (Å²) in [6.07, 6.45) is 1.53. The van der Waals surface area contributed by atoms with Crippen molar-refractivity contribution in [1.82, 2.24) is 10.3 Å². The number of carbonyl (C=O) groups is 1. The molecule has 0 bridgehead atoms. The molecule has 0 spiro atoms. The number of aromatic nitrogens is 2. The van der Waals surface area contributed by atoms with E-state index in [0.717, 1.165) is 12.8 Å². The maximum Gasteiger partial charge on any atom is 0.228 e. The number of nitrogens with one attached hydrogen (secondary N) is 1. The smallest absolute Gasteiger partial charge is 0.228 e. The van der Waals surface area contributed by atoms with E-state index in [2.05, 4.69) is 15.6 Å². The van der Waals surface area contributed by atoms with E-state index >= 15 is 0 Å². The number of hydrogen-bond donors (Lipinski definition) is 1. The number of nitrogens with zero attached hydrogens (tertiary/aromatic N) is 2. The Morgan fingerprint density at radius 1 is 1.17 bits per heavy atom. The monoisotopic (exact) mass is 319 g/mol. The standard InChI is InChI=1S/C16H21N3O4/c1-5-10(6-2)16(20)17-15-14(18-23-19-15)11-7-8-12(21-3)13(9-11)22-4/h7-10H,5-6H2,1-4H3,(H,17,19,20). The second-order valence-electron chi connectivity index (χ2n) is 5.03. The summed E-state index contributed by atoms with van der Waals surface area (Å²) in [5.41, 5.74) is 1.16. The molecular formula is C16H21N3O4. The van der Waals surface area contributed by atoms with Gasteiger partial charge in [-0.25, -0.2) is 4.63 Å². The summed E-state index contributed by atoms with van der Waals surface area (Å²) in [4.78, 5) is 12.2. The molecule has 7 heteroatoms. The minimum Gasteiger partial charge on any atom is -0.493 e. The highest BCUT2D eigenvalue weighted by atomic mass is 16.6. The minimum atomic E-state index is -0.0903. The zero-order valence-corrected chi connectivity index (χ0v) is 13.8. The Balaban J connectivity index is 2.29. The third kappa shape index (κ3) is 3.61. The molecule has 0 aliphatic rings. The van der Waals surface area contributed by atoms with Crippen LogP contribution in [0.25, 0.3) is 11.3 Å². The molecule has 1 aromatic carbocycles. The normalized spacial score (nSPS) is 10.7. The Morgan fingerprint density at radius 3 is 2.48 bits per heavy atom. The van der Waals surface area contributed by atoms with Gasteiger partial charge >= 0.3 is 0 Å². The maximum atomic E-state index is 12.2. The number of hydrogen-bond acceptors (Lipinski definition) is 6. The van der Waals surface area contributed by atoms with Crippen molar-refractivity contribution in [2.45, 2.75) is 26.7 Å². The van der Waals surface area contributed by atoms with Gasteiger partial charge in [-0.2, -0.15) is 0 Å². The van der Waals surface area contributed by atoms with E-state index in [1.165, 1.54) is 0 Å². The zero-order valence-electron chi connectivity index (χ0n) is 13.8. The van der Waals surface area contributed by atoms with Gasteiger partial charge in [-0.15, -0.1) is 0 Å². The van der Waals surface area contributed by atoms with Gasteiger partial charge in [0.2, 0.25) is 11.7 Å². The van der Waals surface area contributed by atoms with Crippen molar-refractivity contribution in [3.63, 3.8) is 0 Å². The molecule has 7 nitrogen and oxygen atoms in total. The molecule has 2 rings (SSSR count). The predicted molar refractivity (Wildman–Crippen MR) is 85.5 cm³/mol. The van der Waals surface area contributed by atoms with Crippen molar-refractivity contribution < 1.29 is 18.9 Å². The molecule has 0 aliphatic carbocycles. The summed E-state index contributed by atoms with van der Waals surface area (Å²) in [6.45, 7) is 3.95. The first-order valence-electron chi connectivity index (χ1n) is 7.50. The third-order valence-corrected chi connectivity index (χ3v) is 3.74. The molecule has 0 atom stereocenters. The topological polar surface area (TPSA) is 86.5 Å². The van der Waals surface area contributed by atoms with Crippen LogP contribution in [0.4, 0.5) is 5.82 Å². The summed E-state index contributed by atoms with van der Waals surface area (Å²) >= 11 is 0. The van der Waals surface area contributed by atoms with E-state index in [1.54, 1.807) is 32.4 Å². The molecule has 124 valence electrons. The Labute approximate surface area is 134 Å². The lowest BCUT2D eigenvalue weighted by molar-refractivity contribution is -0.120. The highest BCUT2D eigenvalue weighted by molar-refractivity contribution is 5.94. The van der Waals surface area contributed by atoms with E-state index < -0.39 is 0 Å². The van der Waals surface area contributed by atoms with Crippen LogP contribution in [0.15, 0.2) is 22.8 Å². The largest absolute Gasteiger partial charge is 0.493 e. The first kappa shape index (κ1) is 16.8. The molecule has 0 unspecified atom stereocenters. The molecule has 2 aromatic rings. The van der Waals surface area contributed by atoms with Crippen LogP contribution in [0.5, 0.6) is 11.5 Å². The van der Waals surface area contributed by atoms with Crippen LogP contribution < -0.4 is 14.8 Å². The number of amides is 1. The molecule has 1 N–H and O–H groups in total. The van der Waals surface area contributed by atoms with Crippen molar-refractivity contribution in [3.05, 3.63) is 18.2 Å². The van der Waals surface area contributed by atoms with E-state index in [9.17, 15) is 4.79 Å². The van der Waals surface area contributed by atoms with Crippen molar-refractivity contribution >= 4 is 11.7 Å². The van der Waals surface area contributed by atoms with Crippen LogP contribution in [0.2, 0.25) is 0 Å². The van der Waals surface area contributed by atoms with Crippen LogP contribution >= 0.6 is 0 Å². The summed E-state index contributed by atoms with van der Waals surface area (Å²) < 4.78 is 15.3. The predicted octanol–water partition coefficient (Wildman–Crippen LogP) is 3.13. The Kier molecular flexibility index (Phi) is 5.56. The van der Waals surface area contributed by atoms with Gasteiger partial charge in [0.1, 0.15) is 0 Å². The highest BCUT2D eigenvalue weighted by Gasteiger charge is 2.20. The molecule has 0 saturated heterocycles. The van der Waals surface area contributed by atoms with Crippen LogP contribution in [0.1, 0.15) is 26.7 Å². The van der Waals surface area contributed by atoms with Crippen LogP contribution in [-0.2, 0) is 4.79 Å². The van der Waals surface area contributed by atoms with E-state index in [0.29, 0.717) is 28.6 Å². The lowest BCUT2D eigenvalue weighted by Gasteiger charge is -2.12. The molecule has 0 aliphatic heterocycles. The molecule has 1 aromatic heterocycles. The van der Waals surface area contributed by atoms with Gasteiger partial charge in [-0.05, 0) is 41.4 Å². The van der Waals surface area contributed by atoms with Crippen molar-refractivity contribution in [1.29, 1.82) is 0 Å². The molecule has 0 fully saturated rings. The SMILES string of the molecule is CCC(CC)C(=O)Nc1nonc1-c1ccc(OC)c(OC)c1. The number of methoxy groups -OCH3 is 2. The Morgan fingerprint density at radius 2 is 1.87 bits per heavy atom. The summed E-state index contributed by atoms with van der Waals surface area (Å²) in [6, 6.07) is 5.31. The Bertz CT molecular complexity index is 665. The van der Waals surface area contributed by atoms with Crippen LogP contribution in [0, 0.1) is 5.92 Å². The van der Waals surface area contributed by atoms with Gasteiger partial charge in [-0.1, -0.05) is 13.8 Å². The van der Waals surface area contributed by atoms with Gasteiger partial charge in [0.05, 0.1) is 14.2 Å². The van der Waals surface area contributed by atoms with Gasteiger partial charge in [0.15, 0.2) is 17.2 Å². The van der Waals surface area contributed by atoms with Gasteiger partial charge < -0.3 is 14.8 Å². The van der Waals surface area contributed by atoms with Gasteiger partial charge in [0.25, 0.3) is 0 Å². The second kappa shape index (κ2) is 7.62. The first-order chi connectivity index (χ1) is 11.1. The Hall–Kier alpha value is -2.57. The number of carbonyl (C=O) groups excluding carboxylic acids is 1. The molecule has 1 heterocycles. The fourth-order valence-electron chi connectivity index (χ4n) is 2.32. The van der Waals surface area contributed by atoms with E-state index in [-0.39, 0.29) is 11.8 Å². The third-order valence-electron chi connectivity index (χ3n) is 3.74. The maximum absolute atomic E-state index is 12.2. The summed E-state index contributed by atoms with van der Waals surface area (Å²) in [5, 5.41) is 10.5. The lowest BCUT2D eigenvalue weighted by Crippen LogP contribution is -2.22. The minimum absolute atomic E-state index is 0.0649. The van der Waals surface area contributed by atoms with Crippen LogP contribution in [-0.4, -0.2) is 30.4 Å². The quantitative estimate of drug-likeness (QED) is 0.843. The van der Waals surface area contributed by atoms with Gasteiger partial charge in [-0.3, -0.25) is 4.79 Å². The molecular weight excluding hydrogens is 298 g/mol. The number of rotatable bonds is 7. The fourth-order valence-corrected chi connectivity index (χ4v) is 2.32. The second-order valence-corrected chi connectivity index (χ2v) is 5.03. The molecule has 1 amide bonds. The van der Waals surface area contributed by atoms with Crippen LogP contribution in [0.3, 0.4) is 0 Å². The van der Waals surface area contributed by atoms with Gasteiger partial charge in [0, 0.05) is 11.5 Å². The summed E-state index contributed by atoms with van der Waals surface area (Å²) in [5.74, 6) is 1.31. The number of anilines is 1. The molecule has 0 saturated carbocycles. The van der Waals surface area contributed by atoms with Crippen molar-refractivity contribution in [2.24, 2.45) is 5.92 Å². The zero-order chi connectivity index (χ0) is 16.8. The highest BCUT2D eigenvalue weighted by Crippen LogP contribution is 2.34. The van der Waals surface area contributed by atoms with E-state index in [1.807, 2.05) is 13.8 Å². The lowest BCUT2D eigenvalue weighted by atomic mass is 10.0. The molecule has 0 radical (unpaired) electrons. The van der Waals surface area contributed by atoms with Crippen molar-refractivity contribution in [3.8, 4) is 22.8 Å². The fraction of sp³-hybridized carbons (Fsp3) is 0.438.